The number of methoxy groups -OCH3 is 1. The van der Waals surface area contributed by atoms with Gasteiger partial charge in [0.25, 0.3) is 0 Å². The number of fused-ring (bicyclic) bond motifs is 1. The molecule has 5 nitrogen and oxygen atoms in total. The molecule has 0 saturated carbocycles. The van der Waals surface area contributed by atoms with E-state index in [0.717, 1.165) is 40.5 Å². The van der Waals surface area contributed by atoms with Crippen LogP contribution < -0.4 is 9.47 Å². The molecule has 0 radical (unpaired) electrons. The monoisotopic (exact) mass is 297 g/mol. The molecule has 2 aromatic carbocycles. The highest BCUT2D eigenvalue weighted by atomic mass is 16.5. The molecule has 1 aromatic heterocycles. The highest BCUT2D eigenvalue weighted by molar-refractivity contribution is 5.85. The van der Waals surface area contributed by atoms with Gasteiger partial charge >= 0.3 is 0 Å². The third kappa shape index (κ3) is 2.74. The second-order valence-corrected chi connectivity index (χ2v) is 5.07. The SMILES string of the molecule is CCn1c(C)nnc1COc1ccc2ccc(OC)cc2c1. The van der Waals surface area contributed by atoms with Crippen molar-refractivity contribution in [2.75, 3.05) is 7.11 Å². The molecule has 114 valence electrons. The zero-order valence-electron chi connectivity index (χ0n) is 13.0. The zero-order chi connectivity index (χ0) is 15.5. The molecule has 0 aliphatic carbocycles. The first-order valence-electron chi connectivity index (χ1n) is 7.30. The van der Waals surface area contributed by atoms with Crippen LogP contribution in [-0.2, 0) is 13.2 Å². The quantitative estimate of drug-likeness (QED) is 0.724. The Morgan fingerprint density at radius 3 is 2.45 bits per heavy atom. The minimum absolute atomic E-state index is 0.407. The predicted molar refractivity (Wildman–Crippen MR) is 85.3 cm³/mol. The van der Waals surface area contributed by atoms with E-state index in [1.807, 2.05) is 47.9 Å². The fraction of sp³-hybridized carbons (Fsp3) is 0.294. The summed E-state index contributed by atoms with van der Waals surface area (Å²) in [6.07, 6.45) is 0. The molecule has 0 amide bonds. The van der Waals surface area contributed by atoms with Crippen LogP contribution in [0.15, 0.2) is 36.4 Å². The Kier molecular flexibility index (Phi) is 3.96. The van der Waals surface area contributed by atoms with Crippen LogP contribution >= 0.6 is 0 Å². The summed E-state index contributed by atoms with van der Waals surface area (Å²) >= 11 is 0. The Balaban J connectivity index is 1.81. The maximum atomic E-state index is 5.87. The summed E-state index contributed by atoms with van der Waals surface area (Å²) in [6, 6.07) is 12.0. The first-order chi connectivity index (χ1) is 10.7. The van der Waals surface area contributed by atoms with Gasteiger partial charge in [-0.15, -0.1) is 10.2 Å². The van der Waals surface area contributed by atoms with E-state index in [1.54, 1.807) is 7.11 Å². The van der Waals surface area contributed by atoms with E-state index in [-0.39, 0.29) is 0 Å². The molecule has 22 heavy (non-hydrogen) atoms. The maximum Gasteiger partial charge on any atom is 0.171 e. The van der Waals surface area contributed by atoms with E-state index in [0.29, 0.717) is 6.61 Å². The molecule has 3 rings (SSSR count). The minimum Gasteiger partial charge on any atom is -0.497 e. The second-order valence-electron chi connectivity index (χ2n) is 5.07. The minimum atomic E-state index is 0.407. The van der Waals surface area contributed by atoms with Gasteiger partial charge in [0.2, 0.25) is 0 Å². The fourth-order valence-electron chi connectivity index (χ4n) is 2.51. The summed E-state index contributed by atoms with van der Waals surface area (Å²) in [6.45, 7) is 5.26. The molecule has 0 aliphatic rings. The summed E-state index contributed by atoms with van der Waals surface area (Å²) in [5.74, 6) is 3.39. The van der Waals surface area contributed by atoms with Crippen molar-refractivity contribution in [1.29, 1.82) is 0 Å². The molecule has 0 unspecified atom stereocenters. The standard InChI is InChI=1S/C17H19N3O2/c1-4-20-12(2)18-19-17(20)11-22-16-8-6-13-5-7-15(21-3)9-14(13)10-16/h5-10H,4,11H2,1-3H3. The van der Waals surface area contributed by atoms with Crippen molar-refractivity contribution in [1.82, 2.24) is 14.8 Å². The van der Waals surface area contributed by atoms with Crippen molar-refractivity contribution in [2.45, 2.75) is 27.0 Å². The van der Waals surface area contributed by atoms with E-state index in [4.69, 9.17) is 9.47 Å². The summed E-state index contributed by atoms with van der Waals surface area (Å²) in [5, 5.41) is 10.5. The number of ether oxygens (including phenoxy) is 2. The summed E-state index contributed by atoms with van der Waals surface area (Å²) in [5.41, 5.74) is 0. The zero-order valence-corrected chi connectivity index (χ0v) is 13.0. The topological polar surface area (TPSA) is 49.2 Å². The number of aromatic nitrogens is 3. The van der Waals surface area contributed by atoms with Crippen molar-refractivity contribution in [3.63, 3.8) is 0 Å². The molecular weight excluding hydrogens is 278 g/mol. The Bertz CT molecular complexity index is 796. The van der Waals surface area contributed by atoms with Gasteiger partial charge in [-0.1, -0.05) is 12.1 Å². The number of rotatable bonds is 5. The van der Waals surface area contributed by atoms with Crippen LogP contribution in [0.25, 0.3) is 10.8 Å². The molecule has 3 aromatic rings. The van der Waals surface area contributed by atoms with E-state index in [9.17, 15) is 0 Å². The molecule has 5 heteroatoms. The lowest BCUT2D eigenvalue weighted by Crippen LogP contribution is -2.07. The molecule has 0 bridgehead atoms. The van der Waals surface area contributed by atoms with Gasteiger partial charge in [-0.05, 0) is 48.9 Å². The van der Waals surface area contributed by atoms with Gasteiger partial charge in [0.1, 0.15) is 23.9 Å². The van der Waals surface area contributed by atoms with Gasteiger partial charge < -0.3 is 14.0 Å². The van der Waals surface area contributed by atoms with Crippen molar-refractivity contribution in [3.8, 4) is 11.5 Å². The largest absolute Gasteiger partial charge is 0.497 e. The first kappa shape index (κ1) is 14.4. The Hall–Kier alpha value is -2.56. The fourth-order valence-corrected chi connectivity index (χ4v) is 2.51. The van der Waals surface area contributed by atoms with Gasteiger partial charge in [0.05, 0.1) is 7.11 Å². The molecule has 0 spiro atoms. The van der Waals surface area contributed by atoms with Crippen LogP contribution in [0, 0.1) is 6.92 Å². The van der Waals surface area contributed by atoms with Gasteiger partial charge in [-0.3, -0.25) is 0 Å². The lowest BCUT2D eigenvalue weighted by atomic mass is 10.1. The highest BCUT2D eigenvalue weighted by Crippen LogP contribution is 2.25. The lowest BCUT2D eigenvalue weighted by Gasteiger charge is -2.09. The van der Waals surface area contributed by atoms with Crippen LogP contribution in [-0.4, -0.2) is 21.9 Å². The molecule has 0 N–H and O–H groups in total. The summed E-state index contributed by atoms with van der Waals surface area (Å²) in [4.78, 5) is 0. The molecule has 0 saturated heterocycles. The van der Waals surface area contributed by atoms with Crippen LogP contribution in [0.1, 0.15) is 18.6 Å². The van der Waals surface area contributed by atoms with E-state index < -0.39 is 0 Å². The van der Waals surface area contributed by atoms with Gasteiger partial charge in [0, 0.05) is 6.54 Å². The lowest BCUT2D eigenvalue weighted by molar-refractivity contribution is 0.289. The van der Waals surface area contributed by atoms with E-state index in [1.165, 1.54) is 0 Å². The Morgan fingerprint density at radius 2 is 1.73 bits per heavy atom. The average Bonchev–Trinajstić information content (AvgIpc) is 2.91. The van der Waals surface area contributed by atoms with Crippen LogP contribution in [0.3, 0.4) is 0 Å². The Morgan fingerprint density at radius 1 is 1.00 bits per heavy atom. The summed E-state index contributed by atoms with van der Waals surface area (Å²) < 4.78 is 13.2. The normalized spacial score (nSPS) is 10.9. The number of benzene rings is 2. The van der Waals surface area contributed by atoms with Crippen molar-refractivity contribution in [3.05, 3.63) is 48.0 Å². The van der Waals surface area contributed by atoms with Crippen molar-refractivity contribution >= 4 is 10.8 Å². The molecule has 0 fully saturated rings. The van der Waals surface area contributed by atoms with E-state index in [2.05, 4.69) is 17.1 Å². The van der Waals surface area contributed by atoms with Gasteiger partial charge in [-0.25, -0.2) is 0 Å². The first-order valence-corrected chi connectivity index (χ1v) is 7.30. The number of hydrogen-bond acceptors (Lipinski definition) is 4. The van der Waals surface area contributed by atoms with Gasteiger partial charge in [0.15, 0.2) is 5.82 Å². The van der Waals surface area contributed by atoms with Crippen LogP contribution in [0.2, 0.25) is 0 Å². The number of nitrogens with zero attached hydrogens (tertiary/aromatic N) is 3. The van der Waals surface area contributed by atoms with Crippen molar-refractivity contribution in [2.24, 2.45) is 0 Å². The molecule has 0 aliphatic heterocycles. The highest BCUT2D eigenvalue weighted by Gasteiger charge is 2.08. The van der Waals surface area contributed by atoms with Crippen LogP contribution in [0.5, 0.6) is 11.5 Å². The molecule has 0 atom stereocenters. The number of hydrogen-bond donors (Lipinski definition) is 0. The maximum absolute atomic E-state index is 5.87. The van der Waals surface area contributed by atoms with Gasteiger partial charge in [-0.2, -0.15) is 0 Å². The third-order valence-corrected chi connectivity index (χ3v) is 3.72. The summed E-state index contributed by atoms with van der Waals surface area (Å²) in [7, 11) is 1.67. The van der Waals surface area contributed by atoms with Crippen LogP contribution in [0.4, 0.5) is 0 Å². The number of aryl methyl sites for hydroxylation is 1. The molecular formula is C17H19N3O2. The molecule has 1 heterocycles. The predicted octanol–water partition coefficient (Wildman–Crippen LogP) is 3.35. The average molecular weight is 297 g/mol. The van der Waals surface area contributed by atoms with Crippen molar-refractivity contribution < 1.29 is 9.47 Å². The third-order valence-electron chi connectivity index (χ3n) is 3.72. The second kappa shape index (κ2) is 6.05. The smallest absolute Gasteiger partial charge is 0.171 e. The Labute approximate surface area is 129 Å². The van der Waals surface area contributed by atoms with E-state index >= 15 is 0 Å².